The molecule has 2 heterocycles. The maximum Gasteiger partial charge on any atom is 0.337 e. The van der Waals surface area contributed by atoms with Crippen molar-refractivity contribution in [3.05, 3.63) is 86.8 Å². The van der Waals surface area contributed by atoms with E-state index < -0.39 is 17.2 Å². The van der Waals surface area contributed by atoms with Gasteiger partial charge < -0.3 is 10.1 Å². The van der Waals surface area contributed by atoms with Crippen molar-refractivity contribution in [2.24, 2.45) is 0 Å². The lowest BCUT2D eigenvalue weighted by Gasteiger charge is -2.12. The highest BCUT2D eigenvalue weighted by molar-refractivity contribution is 7.98. The number of rotatable bonds is 5. The zero-order valence-electron chi connectivity index (χ0n) is 15.3. The highest BCUT2D eigenvalue weighted by atomic mass is 32.2. The molecular weight excluding hydrogens is 392 g/mol. The van der Waals surface area contributed by atoms with Crippen LogP contribution in [0.25, 0.3) is 16.9 Å². The molecule has 0 spiro atoms. The summed E-state index contributed by atoms with van der Waals surface area (Å²) in [5.74, 6) is -1.04. The zero-order chi connectivity index (χ0) is 20.5. The van der Waals surface area contributed by atoms with Crippen LogP contribution in [0, 0.1) is 0 Å². The summed E-state index contributed by atoms with van der Waals surface area (Å²) in [5.41, 5.74) is 0.858. The summed E-state index contributed by atoms with van der Waals surface area (Å²) in [5, 5.41) is 9.03. The number of nitrogens with one attached hydrogen (secondary N) is 1. The van der Waals surface area contributed by atoms with Gasteiger partial charge in [-0.15, -0.1) is 11.8 Å². The van der Waals surface area contributed by atoms with E-state index in [-0.39, 0.29) is 23.3 Å². The van der Waals surface area contributed by atoms with Crippen LogP contribution in [0.1, 0.15) is 15.9 Å². The van der Waals surface area contributed by atoms with Crippen molar-refractivity contribution in [2.75, 3.05) is 6.26 Å². The van der Waals surface area contributed by atoms with Crippen LogP contribution in [-0.4, -0.2) is 36.4 Å². The van der Waals surface area contributed by atoms with Gasteiger partial charge in [0.15, 0.2) is 5.65 Å². The predicted octanol–water partition coefficient (Wildman–Crippen LogP) is 2.34. The van der Waals surface area contributed by atoms with Gasteiger partial charge in [0.2, 0.25) is 0 Å². The van der Waals surface area contributed by atoms with E-state index in [0.29, 0.717) is 11.3 Å². The Hall–Kier alpha value is -3.59. The SMILES string of the molecule is CSc1cccc(-n2c(=O)n(Cc3ccc(C(=O)O)cc3)c(=O)c3[nH]cnc32)c1. The number of benzene rings is 2. The maximum absolute atomic E-state index is 13.3. The Bertz CT molecular complexity index is 1340. The van der Waals surface area contributed by atoms with Crippen LogP contribution >= 0.6 is 11.8 Å². The molecule has 9 heteroatoms. The smallest absolute Gasteiger partial charge is 0.337 e. The first kappa shape index (κ1) is 18.8. The lowest BCUT2D eigenvalue weighted by molar-refractivity contribution is 0.0697. The van der Waals surface area contributed by atoms with Gasteiger partial charge in [-0.05, 0) is 42.2 Å². The predicted molar refractivity (Wildman–Crippen MR) is 110 cm³/mol. The standard InChI is InChI=1S/C20H16N4O4S/c1-29-15-4-2-3-14(9-15)24-17-16(21-11-22-17)18(25)23(20(24)28)10-12-5-7-13(8-6-12)19(26)27/h2-9,11H,10H2,1H3,(H,21,22)(H,26,27). The molecule has 0 aliphatic carbocycles. The molecule has 0 radical (unpaired) electrons. The number of hydrogen-bond acceptors (Lipinski definition) is 5. The minimum atomic E-state index is -1.04. The molecule has 0 atom stereocenters. The minimum Gasteiger partial charge on any atom is -0.478 e. The van der Waals surface area contributed by atoms with Crippen LogP contribution in [0.4, 0.5) is 0 Å². The molecular formula is C20H16N4O4S. The van der Waals surface area contributed by atoms with E-state index in [0.717, 1.165) is 9.46 Å². The van der Waals surface area contributed by atoms with Gasteiger partial charge in [0.25, 0.3) is 5.56 Å². The fourth-order valence-corrected chi connectivity index (χ4v) is 3.56. The fourth-order valence-electron chi connectivity index (χ4n) is 3.10. The number of nitrogens with zero attached hydrogens (tertiary/aromatic N) is 3. The Kier molecular flexibility index (Phi) is 4.81. The number of H-pyrrole nitrogens is 1. The molecule has 0 fully saturated rings. The number of hydrogen-bond donors (Lipinski definition) is 2. The Morgan fingerprint density at radius 3 is 2.62 bits per heavy atom. The summed E-state index contributed by atoms with van der Waals surface area (Å²) in [6, 6.07) is 13.5. The van der Waals surface area contributed by atoms with Gasteiger partial charge in [0, 0.05) is 4.90 Å². The van der Waals surface area contributed by atoms with Crippen LogP contribution in [0.15, 0.2) is 69.3 Å². The first-order valence-electron chi connectivity index (χ1n) is 8.65. The van der Waals surface area contributed by atoms with Crippen molar-refractivity contribution in [1.29, 1.82) is 0 Å². The van der Waals surface area contributed by atoms with Crippen LogP contribution in [0.3, 0.4) is 0 Å². The first-order valence-corrected chi connectivity index (χ1v) is 9.87. The lowest BCUT2D eigenvalue weighted by Crippen LogP contribution is -2.39. The molecule has 0 amide bonds. The molecule has 4 aromatic rings. The molecule has 8 nitrogen and oxygen atoms in total. The van der Waals surface area contributed by atoms with E-state index in [1.54, 1.807) is 30.0 Å². The molecule has 0 aliphatic heterocycles. The van der Waals surface area contributed by atoms with Crippen molar-refractivity contribution in [3.8, 4) is 5.69 Å². The third kappa shape index (κ3) is 3.36. The zero-order valence-corrected chi connectivity index (χ0v) is 16.1. The van der Waals surface area contributed by atoms with Crippen molar-refractivity contribution >= 4 is 28.9 Å². The number of carboxylic acids is 1. The second-order valence-electron chi connectivity index (χ2n) is 6.31. The quantitative estimate of drug-likeness (QED) is 0.491. The van der Waals surface area contributed by atoms with E-state index >= 15 is 0 Å². The monoisotopic (exact) mass is 408 g/mol. The number of aromatic amines is 1. The van der Waals surface area contributed by atoms with E-state index in [1.807, 2.05) is 24.5 Å². The Morgan fingerprint density at radius 1 is 1.17 bits per heavy atom. The lowest BCUT2D eigenvalue weighted by atomic mass is 10.1. The van der Waals surface area contributed by atoms with Crippen molar-refractivity contribution < 1.29 is 9.90 Å². The molecule has 0 saturated carbocycles. The summed E-state index contributed by atoms with van der Waals surface area (Å²) in [4.78, 5) is 45.1. The fraction of sp³-hybridized carbons (Fsp3) is 0.100. The van der Waals surface area contributed by atoms with Gasteiger partial charge in [-0.1, -0.05) is 18.2 Å². The maximum atomic E-state index is 13.3. The largest absolute Gasteiger partial charge is 0.478 e. The van der Waals surface area contributed by atoms with E-state index in [9.17, 15) is 14.4 Å². The van der Waals surface area contributed by atoms with Crippen molar-refractivity contribution in [1.82, 2.24) is 19.1 Å². The number of carboxylic acid groups (broad SMARTS) is 1. The molecule has 0 aliphatic rings. The Labute approximate surface area is 168 Å². The topological polar surface area (TPSA) is 110 Å². The Morgan fingerprint density at radius 2 is 1.93 bits per heavy atom. The number of aromatic carboxylic acids is 1. The van der Waals surface area contributed by atoms with Crippen LogP contribution < -0.4 is 11.2 Å². The molecule has 0 saturated heterocycles. The normalized spacial score (nSPS) is 11.1. The number of carbonyl (C=O) groups is 1. The summed E-state index contributed by atoms with van der Waals surface area (Å²) in [6.45, 7) is 0.00867. The average Bonchev–Trinajstić information content (AvgIpc) is 3.21. The van der Waals surface area contributed by atoms with Crippen molar-refractivity contribution in [3.63, 3.8) is 0 Å². The number of imidazole rings is 1. The van der Waals surface area contributed by atoms with Crippen LogP contribution in [-0.2, 0) is 6.54 Å². The number of thioether (sulfide) groups is 1. The second-order valence-corrected chi connectivity index (χ2v) is 7.19. The highest BCUT2D eigenvalue weighted by Gasteiger charge is 2.17. The number of aromatic nitrogens is 4. The third-order valence-corrected chi connectivity index (χ3v) is 5.29. The molecule has 29 heavy (non-hydrogen) atoms. The first-order chi connectivity index (χ1) is 14.0. The van der Waals surface area contributed by atoms with Gasteiger partial charge in [-0.3, -0.25) is 9.36 Å². The molecule has 0 unspecified atom stereocenters. The highest BCUT2D eigenvalue weighted by Crippen LogP contribution is 2.19. The van der Waals surface area contributed by atoms with Gasteiger partial charge in [0.1, 0.15) is 5.52 Å². The van der Waals surface area contributed by atoms with E-state index in [2.05, 4.69) is 9.97 Å². The van der Waals surface area contributed by atoms with E-state index in [1.165, 1.54) is 23.0 Å². The molecule has 2 aromatic heterocycles. The van der Waals surface area contributed by atoms with Gasteiger partial charge >= 0.3 is 11.7 Å². The summed E-state index contributed by atoms with van der Waals surface area (Å²) >= 11 is 1.54. The summed E-state index contributed by atoms with van der Waals surface area (Å²) < 4.78 is 2.51. The van der Waals surface area contributed by atoms with Crippen LogP contribution in [0.2, 0.25) is 0 Å². The molecule has 2 N–H and O–H groups in total. The van der Waals surface area contributed by atoms with Gasteiger partial charge in [0.05, 0.1) is 24.1 Å². The second kappa shape index (κ2) is 7.44. The summed E-state index contributed by atoms with van der Waals surface area (Å²) in [7, 11) is 0. The third-order valence-electron chi connectivity index (χ3n) is 4.57. The molecule has 4 rings (SSSR count). The average molecular weight is 408 g/mol. The molecule has 0 bridgehead atoms. The van der Waals surface area contributed by atoms with E-state index in [4.69, 9.17) is 5.11 Å². The Balaban J connectivity index is 1.90. The minimum absolute atomic E-state index is 0.00867. The molecule has 146 valence electrons. The molecule has 2 aromatic carbocycles. The van der Waals surface area contributed by atoms with Crippen molar-refractivity contribution in [2.45, 2.75) is 11.4 Å². The van der Waals surface area contributed by atoms with Gasteiger partial charge in [-0.2, -0.15) is 0 Å². The number of fused-ring (bicyclic) bond motifs is 1. The van der Waals surface area contributed by atoms with Gasteiger partial charge in [-0.25, -0.2) is 19.1 Å². The van der Waals surface area contributed by atoms with Crippen LogP contribution in [0.5, 0.6) is 0 Å². The summed E-state index contributed by atoms with van der Waals surface area (Å²) in [6.07, 6.45) is 3.32.